The van der Waals surface area contributed by atoms with Crippen LogP contribution in [0.2, 0.25) is 0 Å². The summed E-state index contributed by atoms with van der Waals surface area (Å²) in [6, 6.07) is 3.94. The maximum Gasteiger partial charge on any atom is 0.224 e. The number of carbonyl (C=O) groups excluding carboxylic acids is 1. The Hall–Kier alpha value is -1.29. The fourth-order valence-corrected chi connectivity index (χ4v) is 1.64. The van der Waals surface area contributed by atoms with E-state index in [1.165, 1.54) is 0 Å². The van der Waals surface area contributed by atoms with Crippen LogP contribution < -0.4 is 11.1 Å². The summed E-state index contributed by atoms with van der Waals surface area (Å²) in [6.45, 7) is 5.89. The summed E-state index contributed by atoms with van der Waals surface area (Å²) >= 11 is 0. The normalized spacial score (nSPS) is 12.8. The fourth-order valence-electron chi connectivity index (χ4n) is 1.64. The summed E-state index contributed by atoms with van der Waals surface area (Å²) in [5, 5.41) is 2.91. The predicted octanol–water partition coefficient (Wildman–Crippen LogP) is 0.835. The molecule has 1 amide bonds. The molecule has 1 aromatic rings. The topological polar surface area (TPSA) is 60.1 Å². The minimum atomic E-state index is -0.0790. The second-order valence-corrected chi connectivity index (χ2v) is 4.30. The summed E-state index contributed by atoms with van der Waals surface area (Å²) in [6.07, 6.45) is 3.96. The molecule has 0 aliphatic rings. The number of aromatic nitrogens is 1. The number of carbonyl (C=O) groups is 1. The highest BCUT2D eigenvalue weighted by molar-refractivity contribution is 5.79. The molecule has 0 spiro atoms. The molecule has 1 unspecified atom stereocenters. The number of amides is 1. The molecule has 16 heavy (non-hydrogen) atoms. The first-order valence-electron chi connectivity index (χ1n) is 5.73. The molecular weight excluding hydrogens is 202 g/mol. The monoisotopic (exact) mass is 223 g/mol. The Balaban J connectivity index is 2.29. The third kappa shape index (κ3) is 3.70. The van der Waals surface area contributed by atoms with Crippen LogP contribution in [0.15, 0.2) is 24.5 Å². The first-order valence-corrected chi connectivity index (χ1v) is 5.73. The minimum absolute atomic E-state index is 0.0599. The first kappa shape index (κ1) is 12.8. The first-order chi connectivity index (χ1) is 7.65. The predicted molar refractivity (Wildman–Crippen MR) is 64.8 cm³/mol. The van der Waals surface area contributed by atoms with Crippen LogP contribution in [0.5, 0.6) is 0 Å². The van der Waals surface area contributed by atoms with Crippen LogP contribution in [0.1, 0.15) is 13.8 Å². The van der Waals surface area contributed by atoms with Crippen molar-refractivity contribution in [3.05, 3.63) is 24.5 Å². The molecule has 0 radical (unpaired) electrons. The highest BCUT2D eigenvalue weighted by Crippen LogP contribution is 2.08. The molecule has 0 saturated carbocycles. The zero-order valence-corrected chi connectivity index (χ0v) is 10.0. The molecule has 0 aliphatic carbocycles. The lowest BCUT2D eigenvalue weighted by Gasteiger charge is -2.18. The fraction of sp³-hybridized carbons (Fsp3) is 0.583. The number of hydrogen-bond acceptors (Lipinski definition) is 2. The van der Waals surface area contributed by atoms with Crippen LogP contribution in [0.25, 0.3) is 0 Å². The van der Waals surface area contributed by atoms with E-state index in [2.05, 4.69) is 5.32 Å². The Morgan fingerprint density at radius 3 is 2.50 bits per heavy atom. The average molecular weight is 223 g/mol. The summed E-state index contributed by atoms with van der Waals surface area (Å²) < 4.78 is 2.03. The van der Waals surface area contributed by atoms with E-state index in [1.807, 2.05) is 42.9 Å². The molecular formula is C12H21N3O. The molecule has 1 atom stereocenters. The van der Waals surface area contributed by atoms with E-state index in [1.54, 1.807) is 0 Å². The Morgan fingerprint density at radius 2 is 2.00 bits per heavy atom. The molecule has 0 bridgehead atoms. The van der Waals surface area contributed by atoms with Crippen molar-refractivity contribution in [1.82, 2.24) is 9.88 Å². The third-order valence-corrected chi connectivity index (χ3v) is 2.73. The van der Waals surface area contributed by atoms with Crippen LogP contribution in [-0.2, 0) is 11.3 Å². The molecule has 3 N–H and O–H groups in total. The van der Waals surface area contributed by atoms with E-state index < -0.39 is 0 Å². The maximum absolute atomic E-state index is 11.7. The summed E-state index contributed by atoms with van der Waals surface area (Å²) in [7, 11) is 0. The van der Waals surface area contributed by atoms with Crippen molar-refractivity contribution in [2.24, 2.45) is 17.6 Å². The van der Waals surface area contributed by atoms with Gasteiger partial charge in [-0.25, -0.2) is 0 Å². The lowest BCUT2D eigenvalue weighted by atomic mass is 9.95. The Labute approximate surface area is 96.8 Å². The number of rotatable bonds is 6. The molecule has 90 valence electrons. The highest BCUT2D eigenvalue weighted by Gasteiger charge is 2.19. The van der Waals surface area contributed by atoms with Crippen LogP contribution in [0.3, 0.4) is 0 Å². The lowest BCUT2D eigenvalue weighted by Crippen LogP contribution is -2.39. The Morgan fingerprint density at radius 1 is 1.38 bits per heavy atom. The quantitative estimate of drug-likeness (QED) is 0.750. The van der Waals surface area contributed by atoms with E-state index >= 15 is 0 Å². The van der Waals surface area contributed by atoms with Gasteiger partial charge >= 0.3 is 0 Å². The minimum Gasteiger partial charge on any atom is -0.354 e. The van der Waals surface area contributed by atoms with Crippen LogP contribution >= 0.6 is 0 Å². The van der Waals surface area contributed by atoms with Crippen LogP contribution in [-0.4, -0.2) is 23.6 Å². The van der Waals surface area contributed by atoms with Crippen LogP contribution in [0.4, 0.5) is 0 Å². The number of nitrogens with zero attached hydrogens (tertiary/aromatic N) is 1. The van der Waals surface area contributed by atoms with E-state index in [-0.39, 0.29) is 17.7 Å². The summed E-state index contributed by atoms with van der Waals surface area (Å²) in [5.74, 6) is 0.269. The van der Waals surface area contributed by atoms with Gasteiger partial charge in [-0.3, -0.25) is 4.79 Å². The molecule has 4 heteroatoms. The van der Waals surface area contributed by atoms with Crippen molar-refractivity contribution < 1.29 is 4.79 Å². The van der Waals surface area contributed by atoms with Crippen molar-refractivity contribution >= 4 is 5.91 Å². The van der Waals surface area contributed by atoms with E-state index in [9.17, 15) is 4.79 Å². The Kier molecular flexibility index (Phi) is 5.05. The summed E-state index contributed by atoms with van der Waals surface area (Å²) in [4.78, 5) is 11.7. The Bertz CT molecular complexity index is 306. The molecule has 1 rings (SSSR count). The van der Waals surface area contributed by atoms with Gasteiger partial charge in [0.2, 0.25) is 5.91 Å². The van der Waals surface area contributed by atoms with E-state index in [0.29, 0.717) is 13.1 Å². The second kappa shape index (κ2) is 6.33. The van der Waals surface area contributed by atoms with E-state index in [0.717, 1.165) is 6.54 Å². The van der Waals surface area contributed by atoms with Crippen molar-refractivity contribution in [3.8, 4) is 0 Å². The number of nitrogens with one attached hydrogen (secondary N) is 1. The molecule has 0 saturated heterocycles. The smallest absolute Gasteiger partial charge is 0.224 e. The molecule has 1 heterocycles. The van der Waals surface area contributed by atoms with E-state index in [4.69, 9.17) is 5.73 Å². The summed E-state index contributed by atoms with van der Waals surface area (Å²) in [5.41, 5.74) is 5.57. The van der Waals surface area contributed by atoms with Gasteiger partial charge in [-0.15, -0.1) is 0 Å². The maximum atomic E-state index is 11.7. The van der Waals surface area contributed by atoms with Gasteiger partial charge in [0.25, 0.3) is 0 Å². The van der Waals surface area contributed by atoms with Gasteiger partial charge in [0, 0.05) is 32.0 Å². The van der Waals surface area contributed by atoms with Crippen molar-refractivity contribution in [2.75, 3.05) is 13.1 Å². The number of hydrogen-bond donors (Lipinski definition) is 2. The third-order valence-electron chi connectivity index (χ3n) is 2.73. The van der Waals surface area contributed by atoms with Gasteiger partial charge in [-0.05, 0) is 18.1 Å². The van der Waals surface area contributed by atoms with Gasteiger partial charge in [0.05, 0.1) is 5.92 Å². The van der Waals surface area contributed by atoms with Gasteiger partial charge in [-0.1, -0.05) is 13.8 Å². The van der Waals surface area contributed by atoms with Gasteiger partial charge in [0.15, 0.2) is 0 Å². The highest BCUT2D eigenvalue weighted by atomic mass is 16.1. The largest absolute Gasteiger partial charge is 0.354 e. The van der Waals surface area contributed by atoms with Crippen molar-refractivity contribution in [3.63, 3.8) is 0 Å². The molecule has 0 aromatic carbocycles. The zero-order chi connectivity index (χ0) is 12.0. The molecule has 0 fully saturated rings. The van der Waals surface area contributed by atoms with Gasteiger partial charge in [-0.2, -0.15) is 0 Å². The average Bonchev–Trinajstić information content (AvgIpc) is 2.71. The van der Waals surface area contributed by atoms with Gasteiger partial charge < -0.3 is 15.6 Å². The zero-order valence-electron chi connectivity index (χ0n) is 10.0. The van der Waals surface area contributed by atoms with Crippen LogP contribution in [0, 0.1) is 11.8 Å². The van der Waals surface area contributed by atoms with Crippen molar-refractivity contribution in [2.45, 2.75) is 20.4 Å². The standard InChI is InChI=1S/C12H21N3O/c1-10(2)11(9-13)12(16)14-5-8-15-6-3-4-7-15/h3-4,6-7,10-11H,5,8-9,13H2,1-2H3,(H,14,16). The molecule has 1 aromatic heterocycles. The van der Waals surface area contributed by atoms with Crippen molar-refractivity contribution in [1.29, 1.82) is 0 Å². The number of nitrogens with two attached hydrogens (primary N) is 1. The molecule has 0 aliphatic heterocycles. The van der Waals surface area contributed by atoms with Gasteiger partial charge in [0.1, 0.15) is 0 Å². The second-order valence-electron chi connectivity index (χ2n) is 4.30. The molecule has 4 nitrogen and oxygen atoms in total. The SMILES string of the molecule is CC(C)C(CN)C(=O)NCCn1cccc1. The lowest BCUT2D eigenvalue weighted by molar-refractivity contribution is -0.125.